The number of ether oxygens (including phenoxy) is 2. The van der Waals surface area contributed by atoms with Crippen molar-refractivity contribution in [2.24, 2.45) is 5.73 Å². The Morgan fingerprint density at radius 3 is 2.84 bits per heavy atom. The Balaban J connectivity index is 2.41. The van der Waals surface area contributed by atoms with E-state index in [0.29, 0.717) is 11.3 Å². The molecule has 1 atom stereocenters. The Bertz CT molecular complexity index is 884. The summed E-state index contributed by atoms with van der Waals surface area (Å²) in [6.07, 6.45) is 0. The zero-order valence-electron chi connectivity index (χ0n) is 13.3. The molecule has 0 aliphatic carbocycles. The zero-order valence-corrected chi connectivity index (χ0v) is 14.0. The molecule has 3 N–H and O–H groups in total. The standard InChI is InChI=1S/C17H14ClN3O4/c1-2-24-15(22)13-12(7-18)25-14(20)10(8-19)17(13)9-5-3-4-6-11(9)21-16(17)23/h3-6H,2,7,20H2,1H3,(H,21,23)/t17-/m0/s1. The van der Waals surface area contributed by atoms with Crippen LogP contribution in [0.5, 0.6) is 0 Å². The smallest absolute Gasteiger partial charge is 0.339 e. The second-order valence-corrected chi connectivity index (χ2v) is 5.62. The van der Waals surface area contributed by atoms with Gasteiger partial charge >= 0.3 is 5.97 Å². The molecule has 8 heteroatoms. The van der Waals surface area contributed by atoms with E-state index in [1.165, 1.54) is 0 Å². The molecule has 0 bridgehead atoms. The number of nitrogens with one attached hydrogen (secondary N) is 1. The SMILES string of the molecule is CCOC(=O)C1=C(CCl)OC(N)=C(C#N)[C@]12C(=O)Nc1ccccc12. The molecule has 2 aliphatic heterocycles. The number of carbonyl (C=O) groups is 2. The fourth-order valence-electron chi connectivity index (χ4n) is 3.21. The van der Waals surface area contributed by atoms with Crippen molar-refractivity contribution in [2.75, 3.05) is 17.8 Å². The summed E-state index contributed by atoms with van der Waals surface area (Å²) in [5.41, 5.74) is 4.73. The molecule has 2 heterocycles. The number of amides is 1. The third-order valence-corrected chi connectivity index (χ3v) is 4.38. The lowest BCUT2D eigenvalue weighted by molar-refractivity contribution is -0.140. The third-order valence-electron chi connectivity index (χ3n) is 4.14. The monoisotopic (exact) mass is 359 g/mol. The molecule has 0 aromatic heterocycles. The number of hydrogen-bond acceptors (Lipinski definition) is 6. The first-order valence-electron chi connectivity index (χ1n) is 7.48. The quantitative estimate of drug-likeness (QED) is 0.626. The lowest BCUT2D eigenvalue weighted by Crippen LogP contribution is -2.46. The summed E-state index contributed by atoms with van der Waals surface area (Å²) in [5, 5.41) is 12.4. The lowest BCUT2D eigenvalue weighted by Gasteiger charge is -2.34. The van der Waals surface area contributed by atoms with E-state index in [-0.39, 0.29) is 35.3 Å². The molecule has 1 aromatic rings. The molecule has 2 aliphatic rings. The van der Waals surface area contributed by atoms with E-state index in [1.807, 2.05) is 6.07 Å². The van der Waals surface area contributed by atoms with Gasteiger partial charge in [-0.3, -0.25) is 4.79 Å². The van der Waals surface area contributed by atoms with E-state index < -0.39 is 17.3 Å². The summed E-state index contributed by atoms with van der Waals surface area (Å²) in [7, 11) is 0. The molecule has 128 valence electrons. The first-order chi connectivity index (χ1) is 12.0. The van der Waals surface area contributed by atoms with Gasteiger partial charge in [0, 0.05) is 11.3 Å². The van der Waals surface area contributed by atoms with Crippen LogP contribution >= 0.6 is 11.6 Å². The van der Waals surface area contributed by atoms with Crippen molar-refractivity contribution < 1.29 is 19.1 Å². The molecule has 0 radical (unpaired) electrons. The third kappa shape index (κ3) is 2.18. The fraction of sp³-hybridized carbons (Fsp3) is 0.235. The molecule has 1 aromatic carbocycles. The van der Waals surface area contributed by atoms with Crippen molar-refractivity contribution in [3.63, 3.8) is 0 Å². The van der Waals surface area contributed by atoms with Gasteiger partial charge in [-0.1, -0.05) is 18.2 Å². The maximum absolute atomic E-state index is 13.0. The summed E-state index contributed by atoms with van der Waals surface area (Å²) in [4.78, 5) is 25.7. The maximum Gasteiger partial charge on any atom is 0.339 e. The lowest BCUT2D eigenvalue weighted by atomic mass is 9.68. The van der Waals surface area contributed by atoms with Gasteiger partial charge in [-0.25, -0.2) is 4.79 Å². The molecule has 0 fully saturated rings. The second kappa shape index (κ2) is 6.15. The van der Waals surface area contributed by atoms with Crippen LogP contribution in [0.3, 0.4) is 0 Å². The Kier molecular flexibility index (Phi) is 4.15. The predicted molar refractivity (Wildman–Crippen MR) is 89.0 cm³/mol. The number of nitrogens with two attached hydrogens (primary N) is 1. The molecule has 0 unspecified atom stereocenters. The number of fused-ring (bicyclic) bond motifs is 2. The van der Waals surface area contributed by atoms with Crippen LogP contribution < -0.4 is 11.1 Å². The maximum atomic E-state index is 13.0. The molecule has 0 saturated carbocycles. The number of esters is 1. The van der Waals surface area contributed by atoms with Crippen molar-refractivity contribution in [3.05, 3.63) is 52.6 Å². The highest BCUT2D eigenvalue weighted by Crippen LogP contribution is 2.51. The zero-order chi connectivity index (χ0) is 18.2. The van der Waals surface area contributed by atoms with E-state index in [4.69, 9.17) is 26.8 Å². The minimum absolute atomic E-state index is 0.0107. The molecule has 3 rings (SSSR count). The summed E-state index contributed by atoms with van der Waals surface area (Å²) < 4.78 is 10.5. The molecule has 0 saturated heterocycles. The number of rotatable bonds is 3. The van der Waals surface area contributed by atoms with Crippen LogP contribution in [0.1, 0.15) is 12.5 Å². The van der Waals surface area contributed by atoms with Gasteiger partial charge in [-0.05, 0) is 13.0 Å². The van der Waals surface area contributed by atoms with Gasteiger partial charge in [0.15, 0.2) is 5.41 Å². The fourth-order valence-corrected chi connectivity index (χ4v) is 3.40. The molecule has 25 heavy (non-hydrogen) atoms. The van der Waals surface area contributed by atoms with Gasteiger partial charge in [0.1, 0.15) is 23.0 Å². The van der Waals surface area contributed by atoms with Crippen molar-refractivity contribution in [1.82, 2.24) is 0 Å². The Morgan fingerprint density at radius 1 is 1.48 bits per heavy atom. The van der Waals surface area contributed by atoms with Crippen LogP contribution in [0.2, 0.25) is 0 Å². The first kappa shape index (κ1) is 16.9. The second-order valence-electron chi connectivity index (χ2n) is 5.36. The number of alkyl halides is 1. The summed E-state index contributed by atoms with van der Waals surface area (Å²) >= 11 is 5.93. The van der Waals surface area contributed by atoms with E-state index in [0.717, 1.165) is 0 Å². The van der Waals surface area contributed by atoms with E-state index in [2.05, 4.69) is 5.32 Å². The normalized spacial score (nSPS) is 21.6. The number of benzene rings is 1. The number of hydrogen-bond donors (Lipinski definition) is 2. The van der Waals surface area contributed by atoms with Gasteiger partial charge in [0.05, 0.1) is 12.5 Å². The number of carbonyl (C=O) groups excluding carboxylic acids is 2. The first-order valence-corrected chi connectivity index (χ1v) is 8.01. The summed E-state index contributed by atoms with van der Waals surface area (Å²) in [5.74, 6) is -1.86. The van der Waals surface area contributed by atoms with Crippen LogP contribution in [-0.2, 0) is 24.5 Å². The number of halogens is 1. The predicted octanol–water partition coefficient (Wildman–Crippen LogP) is 1.66. The van der Waals surface area contributed by atoms with Crippen LogP contribution in [-0.4, -0.2) is 24.4 Å². The number of para-hydroxylation sites is 1. The molecule has 1 amide bonds. The van der Waals surface area contributed by atoms with Crippen molar-refractivity contribution in [3.8, 4) is 6.07 Å². The number of nitrogens with zero attached hydrogens (tertiary/aromatic N) is 1. The highest BCUT2D eigenvalue weighted by molar-refractivity contribution is 6.21. The number of allylic oxidation sites excluding steroid dienone is 1. The van der Waals surface area contributed by atoms with E-state index in [9.17, 15) is 14.9 Å². The highest BCUT2D eigenvalue weighted by Gasteiger charge is 2.60. The van der Waals surface area contributed by atoms with Gasteiger partial charge in [0.25, 0.3) is 0 Å². The van der Waals surface area contributed by atoms with Crippen LogP contribution in [0, 0.1) is 11.3 Å². The largest absolute Gasteiger partial charge is 0.462 e. The number of anilines is 1. The average Bonchev–Trinajstić information content (AvgIpc) is 2.88. The van der Waals surface area contributed by atoms with Crippen LogP contribution in [0.25, 0.3) is 0 Å². The highest BCUT2D eigenvalue weighted by atomic mass is 35.5. The van der Waals surface area contributed by atoms with Gasteiger partial charge < -0.3 is 20.5 Å². The molecule has 7 nitrogen and oxygen atoms in total. The van der Waals surface area contributed by atoms with E-state index in [1.54, 1.807) is 31.2 Å². The van der Waals surface area contributed by atoms with Crippen molar-refractivity contribution in [1.29, 1.82) is 5.26 Å². The minimum Gasteiger partial charge on any atom is -0.462 e. The van der Waals surface area contributed by atoms with Gasteiger partial charge in [-0.2, -0.15) is 5.26 Å². The Hall–Kier alpha value is -2.98. The summed E-state index contributed by atoms with van der Waals surface area (Å²) in [6, 6.07) is 8.66. The number of nitriles is 1. The van der Waals surface area contributed by atoms with Crippen molar-refractivity contribution in [2.45, 2.75) is 12.3 Å². The average molecular weight is 360 g/mol. The molecular weight excluding hydrogens is 346 g/mol. The van der Waals surface area contributed by atoms with Gasteiger partial charge in [0.2, 0.25) is 11.8 Å². The Morgan fingerprint density at radius 2 is 2.20 bits per heavy atom. The van der Waals surface area contributed by atoms with E-state index >= 15 is 0 Å². The topological polar surface area (TPSA) is 114 Å². The van der Waals surface area contributed by atoms with Gasteiger partial charge in [-0.15, -0.1) is 11.6 Å². The summed E-state index contributed by atoms with van der Waals surface area (Å²) in [6.45, 7) is 1.71. The van der Waals surface area contributed by atoms with Crippen molar-refractivity contribution >= 4 is 29.2 Å². The minimum atomic E-state index is -1.75. The van der Waals surface area contributed by atoms with Crippen LogP contribution in [0.15, 0.2) is 47.1 Å². The van der Waals surface area contributed by atoms with Crippen LogP contribution in [0.4, 0.5) is 5.69 Å². The molecule has 1 spiro atoms. The molecular formula is C17H14ClN3O4. The Labute approximate surface area is 148 Å².